The van der Waals surface area contributed by atoms with E-state index in [1.165, 1.54) is 154 Å². The van der Waals surface area contributed by atoms with Crippen molar-refractivity contribution < 1.29 is 46.2 Å². The summed E-state index contributed by atoms with van der Waals surface area (Å²) >= 11 is 0. The van der Waals surface area contributed by atoms with Crippen LogP contribution in [0, 0.1) is 94.7 Å². The first-order valence-corrected chi connectivity index (χ1v) is 37.9. The van der Waals surface area contributed by atoms with Gasteiger partial charge >= 0.3 is 0 Å². The average Bonchev–Trinajstić information content (AvgIpc) is 2.60. The Hall–Kier alpha value is 0.283. The van der Waals surface area contributed by atoms with Gasteiger partial charge in [0.1, 0.15) is 0 Å². The Bertz CT molecular complexity index is 2480. The molecule has 10 heterocycles. The van der Waals surface area contributed by atoms with Crippen molar-refractivity contribution >= 4 is 10.1 Å². The maximum atomic E-state index is 16.1. The average molecular weight is 1300 g/mol. The summed E-state index contributed by atoms with van der Waals surface area (Å²) in [5.74, 6) is 7.18. The van der Waals surface area contributed by atoms with Gasteiger partial charge in [0.15, 0.2) is 0 Å². The molecule has 22 heteroatoms. The van der Waals surface area contributed by atoms with Crippen molar-refractivity contribution in [1.82, 2.24) is 85.1 Å². The molecule has 34 unspecified atom stereocenters. The molecule has 0 amide bonds. The van der Waals surface area contributed by atoms with E-state index in [1.807, 2.05) is 0 Å². The summed E-state index contributed by atoms with van der Waals surface area (Å²) in [7, 11) is -4.04. The van der Waals surface area contributed by atoms with Gasteiger partial charge in [-0.3, -0.25) is 89.3 Å². The Morgan fingerprint density at radius 3 is 0.651 bits per heavy atom. The number of hydrogen-bond donors (Lipinski definition) is 16. The smallest absolute Gasteiger partial charge is 0.270 e. The van der Waals surface area contributed by atoms with Crippen molar-refractivity contribution in [3.8, 4) is 0 Å². The van der Waals surface area contributed by atoms with Gasteiger partial charge in [0.05, 0.1) is 110 Å². The minimum atomic E-state index is -4.04. The third-order valence-electron chi connectivity index (χ3n) is 28.3. The van der Waals surface area contributed by atoms with E-state index in [9.17, 15) is 0 Å². The Labute approximate surface area is 535 Å². The fraction of sp³-hybridized carbons (Fsp3) is 1.00. The molecule has 488 valence electrons. The van der Waals surface area contributed by atoms with Gasteiger partial charge in [0.2, 0.25) is 0 Å². The molecule has 0 aromatic carbocycles. The van der Waals surface area contributed by atoms with E-state index in [0.29, 0.717) is 89.8 Å². The van der Waals surface area contributed by atoms with Gasteiger partial charge in [-0.2, -0.15) is 8.42 Å². The first-order valence-electron chi connectivity index (χ1n) is 36.4. The molecule has 8 aliphatic carbocycles. The second kappa shape index (κ2) is 25.1. The maximum absolute atomic E-state index is 16.1. The first-order chi connectivity index (χ1) is 41.3. The number of fused-ring (bicyclic) bond motifs is 40. The Morgan fingerprint density at radius 2 is 0.395 bits per heavy atom. The van der Waals surface area contributed by atoms with Crippen LogP contribution in [0.5, 0.6) is 0 Å². The molecule has 10 saturated heterocycles. The maximum Gasteiger partial charge on any atom is 0.270 e. The Morgan fingerprint density at radius 1 is 0.209 bits per heavy atom. The minimum Gasteiger partial charge on any atom is -0.286 e. The summed E-state index contributed by atoms with van der Waals surface area (Å²) < 4.78 is 39.4. The van der Waals surface area contributed by atoms with Crippen LogP contribution >= 0.6 is 0 Å². The topological polar surface area (TPSA) is 236 Å². The molecular formula is C64H110Co2N16O3S. The van der Waals surface area contributed by atoms with Gasteiger partial charge in [-0.1, -0.05) is 89.9 Å². The largest absolute Gasteiger partial charge is 0.286 e. The molecule has 0 aromatic rings. The summed E-state index contributed by atoms with van der Waals surface area (Å²) in [6.45, 7) is 0. The monoisotopic (exact) mass is 1300 g/mol. The minimum absolute atomic E-state index is 0. The van der Waals surface area contributed by atoms with Crippen molar-refractivity contribution in [3.63, 3.8) is 0 Å². The van der Waals surface area contributed by atoms with Crippen molar-refractivity contribution in [1.29, 1.82) is 0 Å². The molecule has 8 saturated carbocycles. The third-order valence-corrected chi connectivity index (χ3v) is 30.1. The summed E-state index contributed by atoms with van der Waals surface area (Å²) in [6.07, 6.45) is 38.2. The van der Waals surface area contributed by atoms with Gasteiger partial charge < -0.3 is 0 Å². The molecule has 86 heavy (non-hydrogen) atoms. The molecule has 18 rings (SSSR count). The summed E-state index contributed by atoms with van der Waals surface area (Å²) in [5.41, 5.74) is 0. The number of hydrogen-bond acceptors (Lipinski definition) is 19. The van der Waals surface area contributed by atoms with Gasteiger partial charge in [-0.05, 0) is 186 Å². The van der Waals surface area contributed by atoms with Crippen LogP contribution in [0.1, 0.15) is 193 Å². The Kier molecular flexibility index (Phi) is 17.9. The van der Waals surface area contributed by atoms with Crippen molar-refractivity contribution in [2.45, 2.75) is 303 Å². The summed E-state index contributed by atoms with van der Waals surface area (Å²) in [4.78, 5) is 0. The van der Waals surface area contributed by atoms with E-state index in [-0.39, 0.29) is 144 Å². The van der Waals surface area contributed by atoms with Gasteiger partial charge in [-0.15, -0.1) is 0 Å². The molecule has 16 bridgehead atoms. The van der Waals surface area contributed by atoms with E-state index in [0.717, 1.165) is 32.1 Å². The van der Waals surface area contributed by atoms with Crippen LogP contribution in [-0.4, -0.2) is 118 Å². The van der Waals surface area contributed by atoms with Crippen molar-refractivity contribution in [3.05, 3.63) is 0 Å². The fourth-order valence-electron chi connectivity index (χ4n) is 24.7. The SMILES string of the molecule is O=S(=O)(OC1CCCC2C3NC4NC(NC5NC(NC6NC(NC(N3)C12)C1CCCCC61)C1CCCCC51)C1CCCCC41)C1CCCC2C3NC4NC(NC5NC(NC6NC(NC(N3)C21)C1CCCCC61)C1CCCCC51)C1CCCCC41.[Co].[Co]. The molecule has 18 aliphatic rings. The second-order valence-electron chi connectivity index (χ2n) is 32.0. The van der Waals surface area contributed by atoms with E-state index in [2.05, 4.69) is 85.1 Å². The molecule has 0 spiro atoms. The molecule has 2 radical (unpaired) electrons. The second-order valence-corrected chi connectivity index (χ2v) is 33.8. The predicted molar refractivity (Wildman–Crippen MR) is 323 cm³/mol. The van der Waals surface area contributed by atoms with Crippen LogP contribution in [0.3, 0.4) is 0 Å². The normalized spacial score (nSPS) is 56.3. The van der Waals surface area contributed by atoms with Crippen LogP contribution in [0.25, 0.3) is 0 Å². The van der Waals surface area contributed by atoms with Crippen LogP contribution in [0.4, 0.5) is 0 Å². The van der Waals surface area contributed by atoms with Crippen LogP contribution in [0.15, 0.2) is 0 Å². The quantitative estimate of drug-likeness (QED) is 0.181. The van der Waals surface area contributed by atoms with Gasteiger partial charge in [-0.25, -0.2) is 0 Å². The number of nitrogens with one attached hydrogen (secondary N) is 16. The fourth-order valence-corrected chi connectivity index (χ4v) is 26.6. The molecule has 19 nitrogen and oxygen atoms in total. The zero-order valence-electron chi connectivity index (χ0n) is 51.1. The van der Waals surface area contributed by atoms with Gasteiger partial charge in [0.25, 0.3) is 10.1 Å². The predicted octanol–water partition coefficient (Wildman–Crippen LogP) is 3.52. The van der Waals surface area contributed by atoms with Crippen LogP contribution < -0.4 is 85.1 Å². The zero-order valence-corrected chi connectivity index (χ0v) is 54.0. The van der Waals surface area contributed by atoms with E-state index in [4.69, 9.17) is 4.18 Å². The van der Waals surface area contributed by atoms with E-state index >= 15 is 8.42 Å². The zero-order chi connectivity index (χ0) is 55.4. The third kappa shape index (κ3) is 10.7. The summed E-state index contributed by atoms with van der Waals surface area (Å²) in [5, 5.41) is 68.0. The standard InChI is InChI=1S/C64H110N16O3S.2Co/c81-84(82,46-30-14-28-44-48(46)64-78-60-42-26-12-10-24-40(42)56(74-60)70-52-34-18-4-2-16-32(34)50(66-52)68-54-36-20-6-8-22-38(36)58(72-54)76-62(44)80-64)83-45-29-13-27-43-47(45)63-77-59-41-25-11-9-23-39(41)55(73-59)69-51-33-17-3-1-15-31(33)49(65-51)67-53-35-19-5-7-21-37(35)57(71-53)75-61(43)79-63;;/h31-80H,1-30H2;;. The number of rotatable bonds is 3. The van der Waals surface area contributed by atoms with Crippen molar-refractivity contribution in [2.24, 2.45) is 94.7 Å². The molecule has 18 fully saturated rings. The van der Waals surface area contributed by atoms with Crippen molar-refractivity contribution in [2.75, 3.05) is 0 Å². The van der Waals surface area contributed by atoms with E-state index < -0.39 is 21.5 Å². The molecular weight excluding hydrogens is 1190 g/mol. The molecule has 34 atom stereocenters. The molecule has 10 aliphatic heterocycles. The molecule has 16 N–H and O–H groups in total. The van der Waals surface area contributed by atoms with Gasteiger partial charge in [0, 0.05) is 45.4 Å². The molecule has 0 aromatic heterocycles. The van der Waals surface area contributed by atoms with E-state index in [1.54, 1.807) is 0 Å². The summed E-state index contributed by atoms with van der Waals surface area (Å²) in [6, 6.07) is 0. The Balaban J connectivity index is 0.00000300. The van der Waals surface area contributed by atoms with Crippen LogP contribution in [0.2, 0.25) is 0 Å². The first kappa shape index (κ1) is 61.2. The van der Waals surface area contributed by atoms with Crippen LogP contribution in [-0.2, 0) is 47.9 Å².